The molecule has 2 unspecified atom stereocenters. The van der Waals surface area contributed by atoms with E-state index < -0.39 is 0 Å². The molecule has 2 heterocycles. The molecule has 0 amide bonds. The van der Waals surface area contributed by atoms with Crippen molar-refractivity contribution in [2.75, 3.05) is 38.7 Å². The van der Waals surface area contributed by atoms with E-state index in [9.17, 15) is 5.11 Å². The van der Waals surface area contributed by atoms with Crippen LogP contribution >= 0.6 is 11.8 Å². The maximum Gasteiger partial charge on any atom is 0.0644 e. The van der Waals surface area contributed by atoms with Crippen molar-refractivity contribution in [2.45, 2.75) is 16.9 Å². The first-order chi connectivity index (χ1) is 8.88. The molecule has 1 N–H and O–H groups in total. The Kier molecular flexibility index (Phi) is 3.89. The van der Waals surface area contributed by atoms with E-state index in [-0.39, 0.29) is 12.6 Å². The molecule has 0 bridgehead atoms. The molecule has 4 heteroatoms. The van der Waals surface area contributed by atoms with Gasteiger partial charge in [0.2, 0.25) is 0 Å². The fourth-order valence-electron chi connectivity index (χ4n) is 2.76. The van der Waals surface area contributed by atoms with E-state index in [1.807, 2.05) is 11.8 Å². The molecule has 0 saturated carbocycles. The van der Waals surface area contributed by atoms with E-state index in [2.05, 4.69) is 29.2 Å². The van der Waals surface area contributed by atoms with Crippen molar-refractivity contribution in [3.8, 4) is 0 Å². The van der Waals surface area contributed by atoms with Gasteiger partial charge in [0.25, 0.3) is 0 Å². The summed E-state index contributed by atoms with van der Waals surface area (Å²) in [5, 5.41) is 9.40. The molecule has 1 aromatic carbocycles. The minimum absolute atomic E-state index is 0.177. The van der Waals surface area contributed by atoms with Gasteiger partial charge in [0.05, 0.1) is 25.9 Å². The second-order valence-electron chi connectivity index (χ2n) is 4.95. The lowest BCUT2D eigenvalue weighted by atomic mass is 10.00. The number of aliphatic hydroxyl groups excluding tert-OH is 1. The van der Waals surface area contributed by atoms with Crippen LogP contribution in [0.2, 0.25) is 0 Å². The summed E-state index contributed by atoms with van der Waals surface area (Å²) in [6.07, 6.45) is 0. The number of rotatable bonds is 3. The Morgan fingerprint density at radius 1 is 1.39 bits per heavy atom. The number of ether oxygens (including phenoxy) is 1. The SMILES string of the molecule is OCC1COCCN1CC1CSc2ccccc21. The van der Waals surface area contributed by atoms with Gasteiger partial charge in [0, 0.05) is 29.7 Å². The molecular formula is C14H19NO2S. The predicted molar refractivity (Wildman–Crippen MR) is 73.2 cm³/mol. The van der Waals surface area contributed by atoms with Crippen LogP contribution in [0.15, 0.2) is 29.2 Å². The summed E-state index contributed by atoms with van der Waals surface area (Å²) in [7, 11) is 0. The van der Waals surface area contributed by atoms with Crippen LogP contribution in [0.4, 0.5) is 0 Å². The molecule has 0 radical (unpaired) electrons. The van der Waals surface area contributed by atoms with Gasteiger partial charge in [0.1, 0.15) is 0 Å². The molecule has 18 heavy (non-hydrogen) atoms. The third-order valence-electron chi connectivity index (χ3n) is 3.81. The van der Waals surface area contributed by atoms with Gasteiger partial charge in [-0.05, 0) is 11.6 Å². The fourth-order valence-corrected chi connectivity index (χ4v) is 4.00. The molecule has 2 aliphatic rings. The molecule has 0 spiro atoms. The molecule has 1 aromatic rings. The molecule has 1 saturated heterocycles. The highest BCUT2D eigenvalue weighted by Gasteiger charge is 2.29. The van der Waals surface area contributed by atoms with Crippen molar-refractivity contribution in [1.29, 1.82) is 0 Å². The lowest BCUT2D eigenvalue weighted by Gasteiger charge is -2.36. The highest BCUT2D eigenvalue weighted by Crippen LogP contribution is 2.39. The Morgan fingerprint density at radius 2 is 2.28 bits per heavy atom. The number of fused-ring (bicyclic) bond motifs is 1. The average Bonchev–Trinajstić information content (AvgIpc) is 2.83. The zero-order valence-electron chi connectivity index (χ0n) is 10.4. The minimum atomic E-state index is 0.177. The number of benzene rings is 1. The second kappa shape index (κ2) is 5.61. The molecule has 0 aromatic heterocycles. The van der Waals surface area contributed by atoms with Crippen LogP contribution in [0, 0.1) is 0 Å². The first kappa shape index (κ1) is 12.5. The smallest absolute Gasteiger partial charge is 0.0644 e. The normalized spacial score (nSPS) is 28.3. The van der Waals surface area contributed by atoms with Gasteiger partial charge in [0.15, 0.2) is 0 Å². The van der Waals surface area contributed by atoms with E-state index in [1.54, 1.807) is 0 Å². The predicted octanol–water partition coefficient (Wildman–Crippen LogP) is 1.57. The number of nitrogens with zero attached hydrogens (tertiary/aromatic N) is 1. The number of hydrogen-bond donors (Lipinski definition) is 1. The summed E-state index contributed by atoms with van der Waals surface area (Å²) < 4.78 is 5.43. The lowest BCUT2D eigenvalue weighted by molar-refractivity contribution is -0.0289. The zero-order valence-corrected chi connectivity index (χ0v) is 11.2. The summed E-state index contributed by atoms with van der Waals surface area (Å²) in [5.74, 6) is 1.76. The highest BCUT2D eigenvalue weighted by molar-refractivity contribution is 7.99. The number of thioether (sulfide) groups is 1. The topological polar surface area (TPSA) is 32.7 Å². The molecule has 2 atom stereocenters. The van der Waals surface area contributed by atoms with Crippen LogP contribution < -0.4 is 0 Å². The molecule has 98 valence electrons. The van der Waals surface area contributed by atoms with Crippen molar-refractivity contribution in [3.05, 3.63) is 29.8 Å². The van der Waals surface area contributed by atoms with Crippen molar-refractivity contribution in [3.63, 3.8) is 0 Å². The van der Waals surface area contributed by atoms with E-state index in [4.69, 9.17) is 4.74 Å². The standard InChI is InChI=1S/C14H19NO2S/c16-8-12-9-17-6-5-15(12)7-11-10-18-14-4-2-1-3-13(11)14/h1-4,11-12,16H,5-10H2. The minimum Gasteiger partial charge on any atom is -0.395 e. The summed E-state index contributed by atoms with van der Waals surface area (Å²) in [6.45, 7) is 3.63. The Bertz CT molecular complexity index is 413. The Hall–Kier alpha value is -0.550. The quantitative estimate of drug-likeness (QED) is 0.899. The average molecular weight is 265 g/mol. The summed E-state index contributed by atoms with van der Waals surface area (Å²) in [6, 6.07) is 8.87. The van der Waals surface area contributed by atoms with Crippen LogP contribution in [0.25, 0.3) is 0 Å². The largest absolute Gasteiger partial charge is 0.395 e. The monoisotopic (exact) mass is 265 g/mol. The van der Waals surface area contributed by atoms with E-state index >= 15 is 0 Å². The Labute approximate surface area is 112 Å². The molecule has 1 fully saturated rings. The van der Waals surface area contributed by atoms with Crippen molar-refractivity contribution in [1.82, 2.24) is 4.90 Å². The van der Waals surface area contributed by atoms with Gasteiger partial charge < -0.3 is 9.84 Å². The third kappa shape index (κ3) is 2.43. The lowest BCUT2D eigenvalue weighted by Crippen LogP contribution is -2.48. The van der Waals surface area contributed by atoms with Crippen LogP contribution in [-0.4, -0.2) is 54.7 Å². The Morgan fingerprint density at radius 3 is 3.17 bits per heavy atom. The van der Waals surface area contributed by atoms with Crippen LogP contribution in [-0.2, 0) is 4.74 Å². The van der Waals surface area contributed by atoms with Gasteiger partial charge in [-0.25, -0.2) is 0 Å². The van der Waals surface area contributed by atoms with Crippen molar-refractivity contribution >= 4 is 11.8 Å². The number of hydrogen-bond acceptors (Lipinski definition) is 4. The second-order valence-corrected chi connectivity index (χ2v) is 6.01. The van der Waals surface area contributed by atoms with E-state index in [0.29, 0.717) is 12.5 Å². The zero-order chi connectivity index (χ0) is 12.4. The van der Waals surface area contributed by atoms with Crippen LogP contribution in [0.3, 0.4) is 0 Å². The molecule has 3 nitrogen and oxygen atoms in total. The van der Waals surface area contributed by atoms with Gasteiger partial charge in [-0.1, -0.05) is 18.2 Å². The van der Waals surface area contributed by atoms with Crippen LogP contribution in [0.1, 0.15) is 11.5 Å². The van der Waals surface area contributed by atoms with Gasteiger partial charge in [-0.15, -0.1) is 11.8 Å². The fraction of sp³-hybridized carbons (Fsp3) is 0.571. The summed E-state index contributed by atoms with van der Waals surface area (Å²) >= 11 is 1.95. The number of morpholine rings is 1. The van der Waals surface area contributed by atoms with Crippen molar-refractivity contribution in [2.24, 2.45) is 0 Å². The van der Waals surface area contributed by atoms with E-state index in [0.717, 1.165) is 25.4 Å². The van der Waals surface area contributed by atoms with E-state index in [1.165, 1.54) is 10.5 Å². The third-order valence-corrected chi connectivity index (χ3v) is 5.07. The van der Waals surface area contributed by atoms with Crippen molar-refractivity contribution < 1.29 is 9.84 Å². The first-order valence-electron chi connectivity index (χ1n) is 6.53. The summed E-state index contributed by atoms with van der Waals surface area (Å²) in [4.78, 5) is 3.81. The summed E-state index contributed by atoms with van der Waals surface area (Å²) in [5.41, 5.74) is 1.48. The van der Waals surface area contributed by atoms with Gasteiger partial charge in [-0.3, -0.25) is 4.90 Å². The van der Waals surface area contributed by atoms with Gasteiger partial charge >= 0.3 is 0 Å². The maximum atomic E-state index is 9.40. The first-order valence-corrected chi connectivity index (χ1v) is 7.51. The molecule has 3 rings (SSSR count). The molecular weight excluding hydrogens is 246 g/mol. The molecule has 2 aliphatic heterocycles. The highest BCUT2D eigenvalue weighted by atomic mass is 32.2. The maximum absolute atomic E-state index is 9.40. The van der Waals surface area contributed by atoms with Gasteiger partial charge in [-0.2, -0.15) is 0 Å². The van der Waals surface area contributed by atoms with Crippen LogP contribution in [0.5, 0.6) is 0 Å². The molecule has 0 aliphatic carbocycles. The number of aliphatic hydroxyl groups is 1. The Balaban J connectivity index is 1.70.